The van der Waals surface area contributed by atoms with E-state index in [1.165, 1.54) is 95.6 Å². The van der Waals surface area contributed by atoms with Gasteiger partial charge in [-0.1, -0.05) is 153 Å². The number of aryl methyl sites for hydroxylation is 3. The fourth-order valence-corrected chi connectivity index (χ4v) is 13.1. The molecule has 9 heterocycles. The number of hydrogen-bond acceptors (Lipinski definition) is 10. The van der Waals surface area contributed by atoms with Gasteiger partial charge in [-0.3, -0.25) is 0 Å². The Labute approximate surface area is 479 Å². The summed E-state index contributed by atoms with van der Waals surface area (Å²) in [6.07, 6.45) is 11.0. The summed E-state index contributed by atoms with van der Waals surface area (Å²) in [6, 6.07) is 55.1. The van der Waals surface area contributed by atoms with Crippen LogP contribution in [0.5, 0.6) is 0 Å². The van der Waals surface area contributed by atoms with Crippen LogP contribution in [0.3, 0.4) is 0 Å². The molecule has 15 rings (SSSR count). The molecule has 0 N–H and O–H groups in total. The average Bonchev–Trinajstić information content (AvgIpc) is 4.48. The van der Waals surface area contributed by atoms with Crippen molar-refractivity contribution >= 4 is 68.8 Å². The molecule has 0 spiro atoms. The first kappa shape index (κ1) is 51.9. The van der Waals surface area contributed by atoms with Crippen LogP contribution in [0.25, 0.3) is 0 Å². The van der Waals surface area contributed by atoms with Gasteiger partial charge in [-0.2, -0.15) is 0 Å². The zero-order valence-electron chi connectivity index (χ0n) is 49.1. The number of hydrogen-bond donors (Lipinski definition) is 0. The number of benzene rings is 6. The molecule has 408 valence electrons. The Kier molecular flexibility index (Phi) is 12.4. The number of rotatable bonds is 3. The number of fused-ring (bicyclic) bond motifs is 15. The molecule has 10 nitrogen and oxygen atoms in total. The highest BCUT2D eigenvalue weighted by atomic mass is 15.5. The Morgan fingerprint density at radius 3 is 1.10 bits per heavy atom. The molecule has 81 heavy (non-hydrogen) atoms. The van der Waals surface area contributed by atoms with Crippen LogP contribution in [0.1, 0.15) is 112 Å². The zero-order valence-corrected chi connectivity index (χ0v) is 49.1. The van der Waals surface area contributed by atoms with Gasteiger partial charge in [0.2, 0.25) is 0 Å². The van der Waals surface area contributed by atoms with E-state index >= 15 is 0 Å². The molecule has 0 amide bonds. The number of para-hydroxylation sites is 3. The highest BCUT2D eigenvalue weighted by Crippen LogP contribution is 2.56. The van der Waals surface area contributed by atoms with Crippen molar-refractivity contribution in [2.45, 2.75) is 137 Å². The number of aromatic nitrogens is 4. The van der Waals surface area contributed by atoms with Gasteiger partial charge in [0.15, 0.2) is 23.3 Å². The molecule has 0 saturated carbocycles. The van der Waals surface area contributed by atoms with Gasteiger partial charge in [-0.05, 0) is 148 Å². The second kappa shape index (κ2) is 19.4. The fourth-order valence-electron chi connectivity index (χ4n) is 13.1. The Morgan fingerprint density at radius 2 is 0.630 bits per heavy atom. The van der Waals surface area contributed by atoms with Gasteiger partial charge in [0.05, 0.1) is 11.4 Å². The molecule has 0 saturated heterocycles. The molecule has 9 aromatic rings. The van der Waals surface area contributed by atoms with Gasteiger partial charge in [-0.15, -0.1) is 0 Å². The van der Waals surface area contributed by atoms with E-state index in [-0.39, 0.29) is 34.7 Å². The van der Waals surface area contributed by atoms with Crippen LogP contribution < -0.4 is 29.4 Å². The number of anilines is 12. The van der Waals surface area contributed by atoms with E-state index in [1.54, 1.807) is 12.4 Å². The Morgan fingerprint density at radius 1 is 0.296 bits per heavy atom. The summed E-state index contributed by atoms with van der Waals surface area (Å²) < 4.78 is 0. The molecule has 6 aliphatic heterocycles. The summed E-state index contributed by atoms with van der Waals surface area (Å²) >= 11 is 0. The summed E-state index contributed by atoms with van der Waals surface area (Å²) in [5.74, 6) is 4.02. The Balaban J connectivity index is 0.000000114. The SMILES string of the molecule is Cc1ccccc1N1c2cccnc2N2c3cc(C(C)(C)C)ccc3CC12.Cc1ccccc1N1c2ncccc2N2c3ccc(C(C)(C)C)cc3CC21.Cc1ccccc1N1c2nccnc2N2c3ccc(C(C)(C)C)cc3CC12. The van der Waals surface area contributed by atoms with Crippen LogP contribution >= 0.6 is 0 Å². The standard InChI is InChI=1S/2C24H25N3.C23H24N4/c1-16-8-5-6-9-19(16)27-22-15-17-14-18(24(2,3)4)11-12-20(17)26(22)21-10-7-13-25-23(21)27;1-16-8-5-6-9-19(16)26-20-10-7-13-25-23(20)27-21-15-18(24(2,3)4)12-11-17(21)14-22(26)27;1-15-7-5-6-8-18(15)26-20-14-16-13-17(23(2,3)4)9-10-19(16)27(20)22-21(26)24-11-12-25-22/h5-14,22H,15H2,1-4H3;5-13,15,22H,14H2,1-4H3;5-13,20H,14H2,1-4H3. The predicted molar refractivity (Wildman–Crippen MR) is 335 cm³/mol. The molecule has 3 aromatic heterocycles. The molecule has 6 aliphatic rings. The van der Waals surface area contributed by atoms with Crippen molar-refractivity contribution in [1.82, 2.24) is 19.9 Å². The number of nitrogens with zero attached hydrogens (tertiary/aromatic N) is 10. The van der Waals surface area contributed by atoms with Crippen LogP contribution in [0.4, 0.5) is 68.8 Å². The van der Waals surface area contributed by atoms with E-state index in [4.69, 9.17) is 19.9 Å². The average molecular weight is 1070 g/mol. The van der Waals surface area contributed by atoms with Gasteiger partial charge < -0.3 is 29.4 Å². The highest BCUT2D eigenvalue weighted by Gasteiger charge is 2.48. The molecule has 10 heteroatoms. The van der Waals surface area contributed by atoms with Crippen molar-refractivity contribution < 1.29 is 0 Å². The van der Waals surface area contributed by atoms with Gasteiger partial charge >= 0.3 is 0 Å². The summed E-state index contributed by atoms with van der Waals surface area (Å²) in [5, 5.41) is 0. The lowest BCUT2D eigenvalue weighted by atomic mass is 9.86. The maximum Gasteiger partial charge on any atom is 0.178 e. The van der Waals surface area contributed by atoms with Crippen LogP contribution in [0.2, 0.25) is 0 Å². The van der Waals surface area contributed by atoms with Crippen molar-refractivity contribution in [1.29, 1.82) is 0 Å². The van der Waals surface area contributed by atoms with E-state index in [0.717, 1.165) is 42.5 Å². The van der Waals surface area contributed by atoms with E-state index in [2.05, 4.69) is 252 Å². The van der Waals surface area contributed by atoms with Crippen LogP contribution in [-0.2, 0) is 35.5 Å². The third-order valence-electron chi connectivity index (χ3n) is 17.4. The second-order valence-electron chi connectivity index (χ2n) is 25.8. The topological polar surface area (TPSA) is 71.0 Å². The van der Waals surface area contributed by atoms with Crippen molar-refractivity contribution in [3.8, 4) is 0 Å². The largest absolute Gasteiger partial charge is 0.316 e. The Bertz CT molecular complexity index is 3670. The van der Waals surface area contributed by atoms with E-state index in [0.29, 0.717) is 0 Å². The lowest BCUT2D eigenvalue weighted by Gasteiger charge is -2.29. The predicted octanol–water partition coefficient (Wildman–Crippen LogP) is 17.0. The van der Waals surface area contributed by atoms with Crippen LogP contribution in [0, 0.1) is 20.8 Å². The highest BCUT2D eigenvalue weighted by molar-refractivity contribution is 5.92. The smallest absolute Gasteiger partial charge is 0.178 e. The normalized spacial score (nSPS) is 17.7. The fraction of sp³-hybridized carbons (Fsp3) is 0.296. The molecule has 0 radical (unpaired) electrons. The molecule has 3 atom stereocenters. The maximum atomic E-state index is 4.78. The van der Waals surface area contributed by atoms with Crippen molar-refractivity contribution in [3.63, 3.8) is 0 Å². The zero-order chi connectivity index (χ0) is 56.3. The van der Waals surface area contributed by atoms with E-state index < -0.39 is 0 Å². The minimum atomic E-state index is 0.134. The molecule has 3 unspecified atom stereocenters. The van der Waals surface area contributed by atoms with Gasteiger partial charge in [0, 0.05) is 78.2 Å². The lowest BCUT2D eigenvalue weighted by molar-refractivity contribution is 0.589. The minimum Gasteiger partial charge on any atom is -0.316 e. The van der Waals surface area contributed by atoms with Gasteiger partial charge in [0.1, 0.15) is 18.5 Å². The first-order valence-electron chi connectivity index (χ1n) is 28.9. The number of pyridine rings is 2. The first-order valence-corrected chi connectivity index (χ1v) is 28.9. The van der Waals surface area contributed by atoms with Crippen molar-refractivity contribution in [2.75, 3.05) is 29.4 Å². The monoisotopic (exact) mass is 1070 g/mol. The second-order valence-corrected chi connectivity index (χ2v) is 25.8. The van der Waals surface area contributed by atoms with Gasteiger partial charge in [-0.25, -0.2) is 19.9 Å². The third kappa shape index (κ3) is 8.77. The molecule has 0 fully saturated rings. The maximum absolute atomic E-state index is 4.78. The summed E-state index contributed by atoms with van der Waals surface area (Å²) in [6.45, 7) is 27.0. The summed E-state index contributed by atoms with van der Waals surface area (Å²) in [7, 11) is 0. The van der Waals surface area contributed by atoms with Gasteiger partial charge in [0.25, 0.3) is 0 Å². The van der Waals surface area contributed by atoms with Crippen molar-refractivity contribution in [2.24, 2.45) is 0 Å². The first-order chi connectivity index (χ1) is 38.8. The molecular formula is C71H74N10. The molecular weight excluding hydrogens is 993 g/mol. The minimum absolute atomic E-state index is 0.134. The van der Waals surface area contributed by atoms with E-state index in [1.807, 2.05) is 24.5 Å². The summed E-state index contributed by atoms with van der Waals surface area (Å²) in [5.41, 5.74) is 22.6. The lowest BCUT2D eigenvalue weighted by Crippen LogP contribution is -2.36. The van der Waals surface area contributed by atoms with E-state index in [9.17, 15) is 0 Å². The third-order valence-corrected chi connectivity index (χ3v) is 17.4. The van der Waals surface area contributed by atoms with Crippen LogP contribution in [-0.4, -0.2) is 38.4 Å². The molecule has 6 aromatic carbocycles. The van der Waals surface area contributed by atoms with Crippen LogP contribution in [0.15, 0.2) is 176 Å². The quantitative estimate of drug-likeness (QED) is 0.171. The summed E-state index contributed by atoms with van der Waals surface area (Å²) in [4.78, 5) is 33.4. The molecule has 0 bridgehead atoms. The Hall–Kier alpha value is -8.50. The molecule has 0 aliphatic carbocycles. The van der Waals surface area contributed by atoms with Crippen molar-refractivity contribution in [3.05, 3.63) is 227 Å².